The molecule has 0 spiro atoms. The van der Waals surface area contributed by atoms with Crippen LogP contribution in [0.25, 0.3) is 0 Å². The van der Waals surface area contributed by atoms with Crippen LogP contribution in [0.5, 0.6) is 0 Å². The van der Waals surface area contributed by atoms with E-state index in [1.54, 1.807) is 6.92 Å². The number of aliphatic hydroxyl groups is 2. The van der Waals surface area contributed by atoms with Crippen molar-refractivity contribution in [2.75, 3.05) is 0 Å². The van der Waals surface area contributed by atoms with E-state index in [1.165, 1.54) is 0 Å². The van der Waals surface area contributed by atoms with Crippen LogP contribution in [0.2, 0.25) is 0 Å². The highest BCUT2D eigenvalue weighted by Gasteiger charge is 2.36. The Kier molecular flexibility index (Phi) is 0.869. The van der Waals surface area contributed by atoms with Crippen molar-refractivity contribution >= 4 is 0 Å². The van der Waals surface area contributed by atoms with Crippen molar-refractivity contribution in [3.63, 3.8) is 0 Å². The van der Waals surface area contributed by atoms with E-state index >= 15 is 0 Å². The molecule has 0 saturated heterocycles. The van der Waals surface area contributed by atoms with E-state index in [-0.39, 0.29) is 6.10 Å². The summed E-state index contributed by atoms with van der Waals surface area (Å²) in [5.41, 5.74) is -0.556. The van der Waals surface area contributed by atoms with E-state index in [0.717, 1.165) is 0 Å². The Morgan fingerprint density at radius 3 is 2.00 bits per heavy atom. The third kappa shape index (κ3) is 0.924. The van der Waals surface area contributed by atoms with Crippen LogP contribution in [-0.4, -0.2) is 21.9 Å². The van der Waals surface area contributed by atoms with Crippen molar-refractivity contribution in [1.82, 2.24) is 0 Å². The summed E-state index contributed by atoms with van der Waals surface area (Å²) in [5.74, 6) is 0. The molecule has 1 rings (SSSR count). The third-order valence-corrected chi connectivity index (χ3v) is 1.35. The summed E-state index contributed by atoms with van der Waals surface area (Å²) in [6.45, 7) is 1.74. The van der Waals surface area contributed by atoms with Gasteiger partial charge in [-0.2, -0.15) is 0 Å². The van der Waals surface area contributed by atoms with Crippen molar-refractivity contribution in [3.05, 3.63) is 0 Å². The lowest BCUT2D eigenvalue weighted by molar-refractivity contribution is -0.0996. The second kappa shape index (κ2) is 1.20. The normalized spacial score (nSPS) is 51.0. The molecule has 0 aromatic carbocycles. The number of rotatable bonds is 0. The maximum Gasteiger partial charge on any atom is 0.0669 e. The van der Waals surface area contributed by atoms with E-state index in [4.69, 9.17) is 10.2 Å². The molecule has 1 aliphatic carbocycles. The lowest BCUT2D eigenvalue weighted by Gasteiger charge is -2.37. The van der Waals surface area contributed by atoms with Gasteiger partial charge in [0.15, 0.2) is 0 Å². The van der Waals surface area contributed by atoms with Crippen LogP contribution in [-0.2, 0) is 0 Å². The summed E-state index contributed by atoms with van der Waals surface area (Å²) >= 11 is 0. The molecule has 2 N–H and O–H groups in total. The molecule has 1 aliphatic rings. The van der Waals surface area contributed by atoms with Crippen molar-refractivity contribution < 1.29 is 10.2 Å². The van der Waals surface area contributed by atoms with Gasteiger partial charge in [0.2, 0.25) is 0 Å². The van der Waals surface area contributed by atoms with Gasteiger partial charge in [-0.05, 0) is 6.92 Å². The molecule has 0 aliphatic heterocycles. The number of aliphatic hydroxyl groups excluding tert-OH is 1. The molecule has 0 atom stereocenters. The minimum atomic E-state index is -0.556. The van der Waals surface area contributed by atoms with Crippen LogP contribution in [0.4, 0.5) is 0 Å². The minimum absolute atomic E-state index is 0.241. The molecule has 0 aromatic rings. The summed E-state index contributed by atoms with van der Waals surface area (Å²) in [6.07, 6.45) is 0.856. The first-order valence-electron chi connectivity index (χ1n) is 2.51. The molecular weight excluding hydrogens is 92.1 g/mol. The van der Waals surface area contributed by atoms with Crippen molar-refractivity contribution in [2.45, 2.75) is 31.5 Å². The topological polar surface area (TPSA) is 40.5 Å². The fraction of sp³-hybridized carbons (Fsp3) is 1.00. The molecule has 0 heterocycles. The molecule has 7 heavy (non-hydrogen) atoms. The fourth-order valence-corrected chi connectivity index (χ4v) is 0.955. The summed E-state index contributed by atoms with van der Waals surface area (Å²) in [6, 6.07) is 0. The Morgan fingerprint density at radius 2 is 2.00 bits per heavy atom. The summed E-state index contributed by atoms with van der Waals surface area (Å²) in [4.78, 5) is 0. The van der Waals surface area contributed by atoms with Gasteiger partial charge in [0.05, 0.1) is 11.7 Å². The SMILES string of the molecule is C[C@]1(O)C[C@@H](O)C1. The zero-order chi connectivity index (χ0) is 5.49. The maximum absolute atomic E-state index is 8.92. The van der Waals surface area contributed by atoms with Gasteiger partial charge in [-0.1, -0.05) is 0 Å². The molecular formula is C5H10O2. The van der Waals surface area contributed by atoms with Gasteiger partial charge >= 0.3 is 0 Å². The van der Waals surface area contributed by atoms with Gasteiger partial charge in [-0.3, -0.25) is 0 Å². The lowest BCUT2D eigenvalue weighted by atomic mass is 9.79. The Morgan fingerprint density at radius 1 is 1.57 bits per heavy atom. The summed E-state index contributed by atoms with van der Waals surface area (Å²) in [7, 11) is 0. The van der Waals surface area contributed by atoms with Gasteiger partial charge in [-0.25, -0.2) is 0 Å². The standard InChI is InChI=1S/C5H10O2/c1-5(7)2-4(6)3-5/h4,6-7H,2-3H2,1H3/t4-,5+. The first-order valence-corrected chi connectivity index (χ1v) is 2.51. The van der Waals surface area contributed by atoms with E-state index in [9.17, 15) is 0 Å². The molecule has 0 bridgehead atoms. The van der Waals surface area contributed by atoms with Gasteiger partial charge in [-0.15, -0.1) is 0 Å². The summed E-state index contributed by atoms with van der Waals surface area (Å²) in [5, 5.41) is 17.5. The second-order valence-corrected chi connectivity index (χ2v) is 2.56. The monoisotopic (exact) mass is 102 g/mol. The van der Waals surface area contributed by atoms with Crippen LogP contribution in [0.15, 0.2) is 0 Å². The summed E-state index contributed by atoms with van der Waals surface area (Å²) < 4.78 is 0. The Hall–Kier alpha value is -0.0800. The van der Waals surface area contributed by atoms with Crippen molar-refractivity contribution in [2.24, 2.45) is 0 Å². The molecule has 42 valence electrons. The number of hydrogen-bond acceptors (Lipinski definition) is 2. The van der Waals surface area contributed by atoms with E-state index in [0.29, 0.717) is 12.8 Å². The highest BCUT2D eigenvalue weighted by Crippen LogP contribution is 2.30. The van der Waals surface area contributed by atoms with E-state index in [1.807, 2.05) is 0 Å². The average molecular weight is 102 g/mol. The smallest absolute Gasteiger partial charge is 0.0669 e. The van der Waals surface area contributed by atoms with E-state index < -0.39 is 5.60 Å². The minimum Gasteiger partial charge on any atom is -0.393 e. The molecule has 0 aromatic heterocycles. The van der Waals surface area contributed by atoms with Gasteiger partial charge in [0.1, 0.15) is 0 Å². The van der Waals surface area contributed by atoms with Crippen LogP contribution < -0.4 is 0 Å². The first kappa shape index (κ1) is 5.06. The molecule has 1 saturated carbocycles. The largest absolute Gasteiger partial charge is 0.393 e. The molecule has 2 heteroatoms. The predicted octanol–water partition coefficient (Wildman–Crippen LogP) is -0.108. The molecule has 2 nitrogen and oxygen atoms in total. The Balaban J connectivity index is 2.29. The van der Waals surface area contributed by atoms with Gasteiger partial charge in [0.25, 0.3) is 0 Å². The highest BCUT2D eigenvalue weighted by atomic mass is 16.3. The number of hydrogen-bond donors (Lipinski definition) is 2. The van der Waals surface area contributed by atoms with Gasteiger partial charge < -0.3 is 10.2 Å². The second-order valence-electron chi connectivity index (χ2n) is 2.56. The van der Waals surface area contributed by atoms with Crippen molar-refractivity contribution in [1.29, 1.82) is 0 Å². The Labute approximate surface area is 42.8 Å². The van der Waals surface area contributed by atoms with Gasteiger partial charge in [0, 0.05) is 12.8 Å². The first-order chi connectivity index (χ1) is 3.10. The van der Waals surface area contributed by atoms with Crippen molar-refractivity contribution in [3.8, 4) is 0 Å². The molecule has 1 fully saturated rings. The predicted molar refractivity (Wildman–Crippen MR) is 25.9 cm³/mol. The van der Waals surface area contributed by atoms with E-state index in [2.05, 4.69) is 0 Å². The lowest BCUT2D eigenvalue weighted by Crippen LogP contribution is -2.44. The maximum atomic E-state index is 8.92. The molecule has 0 unspecified atom stereocenters. The molecule has 0 radical (unpaired) electrons. The quantitative estimate of drug-likeness (QED) is 0.448. The van der Waals surface area contributed by atoms with Crippen LogP contribution in [0, 0.1) is 0 Å². The van der Waals surface area contributed by atoms with Crippen LogP contribution in [0.3, 0.4) is 0 Å². The highest BCUT2D eigenvalue weighted by molar-refractivity contribution is 4.89. The Bertz CT molecular complexity index is 70.1. The van der Waals surface area contributed by atoms with Crippen LogP contribution in [0.1, 0.15) is 19.8 Å². The van der Waals surface area contributed by atoms with Crippen LogP contribution >= 0.6 is 0 Å². The fourth-order valence-electron chi connectivity index (χ4n) is 0.955. The zero-order valence-corrected chi connectivity index (χ0v) is 4.39. The average Bonchev–Trinajstić information content (AvgIpc) is 1.27. The zero-order valence-electron chi connectivity index (χ0n) is 4.39. The third-order valence-electron chi connectivity index (χ3n) is 1.35. The molecule has 0 amide bonds.